The molecule has 0 aromatic heterocycles. The summed E-state index contributed by atoms with van der Waals surface area (Å²) in [7, 11) is 0. The molecule has 2 heteroatoms. The average molecular weight is 336 g/mol. The number of hydrogen-bond donors (Lipinski definition) is 0. The van der Waals surface area contributed by atoms with Crippen molar-refractivity contribution in [3.63, 3.8) is 0 Å². The highest BCUT2D eigenvalue weighted by molar-refractivity contribution is 5.10. The first kappa shape index (κ1) is 18.7. The molecule has 1 aliphatic carbocycles. The van der Waals surface area contributed by atoms with Crippen molar-refractivity contribution in [2.75, 3.05) is 13.2 Å². The van der Waals surface area contributed by atoms with Crippen LogP contribution in [0.2, 0.25) is 0 Å². The Kier molecular flexibility index (Phi) is 5.97. The molecule has 0 aromatic carbocycles. The molecule has 2 nitrogen and oxygen atoms in total. The zero-order valence-electron chi connectivity index (χ0n) is 16.9. The van der Waals surface area contributed by atoms with Crippen LogP contribution in [0.25, 0.3) is 0 Å². The van der Waals surface area contributed by atoms with Gasteiger partial charge in [0.1, 0.15) is 0 Å². The topological polar surface area (TPSA) is 12.5 Å². The first-order chi connectivity index (χ1) is 11.4. The summed E-state index contributed by atoms with van der Waals surface area (Å²) in [6.45, 7) is 14.2. The normalized spacial score (nSPS) is 37.6. The molecular formula is C22H41NO. The van der Waals surface area contributed by atoms with E-state index in [1.165, 1.54) is 51.4 Å². The Morgan fingerprint density at radius 2 is 1.71 bits per heavy atom. The van der Waals surface area contributed by atoms with Crippen molar-refractivity contribution >= 4 is 0 Å². The molecule has 3 aliphatic rings. The molecule has 0 bridgehead atoms. The molecule has 2 saturated heterocycles. The number of likely N-dealkylation sites (tertiary alicyclic amines) is 1. The van der Waals surface area contributed by atoms with Crippen molar-refractivity contribution in [2.45, 2.75) is 104 Å². The van der Waals surface area contributed by atoms with E-state index >= 15 is 0 Å². The molecule has 0 aromatic rings. The highest BCUT2D eigenvalue weighted by atomic mass is 16.5. The molecule has 3 fully saturated rings. The molecule has 24 heavy (non-hydrogen) atoms. The number of nitrogens with zero attached hydrogens (tertiary/aromatic N) is 1. The quantitative estimate of drug-likeness (QED) is 0.674. The second-order valence-electron chi connectivity index (χ2n) is 9.97. The Hall–Kier alpha value is -0.0800. The molecule has 3 rings (SSSR count). The zero-order chi connectivity index (χ0) is 17.3. The summed E-state index contributed by atoms with van der Waals surface area (Å²) in [5.41, 5.74) is 0.358. The Balaban J connectivity index is 1.90. The fourth-order valence-electron chi connectivity index (χ4n) is 6.27. The van der Waals surface area contributed by atoms with E-state index in [1.807, 2.05) is 0 Å². The lowest BCUT2D eigenvalue weighted by Crippen LogP contribution is -2.74. The number of piperidine rings is 1. The van der Waals surface area contributed by atoms with Gasteiger partial charge in [0.25, 0.3) is 0 Å². The van der Waals surface area contributed by atoms with Gasteiger partial charge >= 0.3 is 0 Å². The van der Waals surface area contributed by atoms with Crippen molar-refractivity contribution < 1.29 is 4.74 Å². The third kappa shape index (κ3) is 3.56. The number of hydrogen-bond acceptors (Lipinski definition) is 2. The standard InChI is InChI=1S/C22H41NO/c1-16(2)11-20-13-19-12-18(5)9-7-6-8-10-21(19)23(17(3)4)22(20)14-24-15-22/h16-21H,6-15H2,1-5H3. The Labute approximate surface area is 150 Å². The van der Waals surface area contributed by atoms with Gasteiger partial charge in [-0.05, 0) is 63.2 Å². The van der Waals surface area contributed by atoms with E-state index in [0.717, 1.165) is 42.9 Å². The van der Waals surface area contributed by atoms with Gasteiger partial charge in [0, 0.05) is 12.1 Å². The van der Waals surface area contributed by atoms with E-state index < -0.39 is 0 Å². The predicted octanol–water partition coefficient (Wildman–Crippen LogP) is 5.51. The fourth-order valence-corrected chi connectivity index (χ4v) is 6.27. The molecule has 1 saturated carbocycles. The Morgan fingerprint density at radius 1 is 1.00 bits per heavy atom. The monoisotopic (exact) mass is 335 g/mol. The predicted molar refractivity (Wildman–Crippen MR) is 102 cm³/mol. The second kappa shape index (κ2) is 7.66. The lowest BCUT2D eigenvalue weighted by molar-refractivity contribution is -0.225. The third-order valence-corrected chi connectivity index (χ3v) is 7.18. The van der Waals surface area contributed by atoms with Crippen LogP contribution in [-0.4, -0.2) is 35.7 Å². The largest absolute Gasteiger partial charge is 0.377 e. The van der Waals surface area contributed by atoms with E-state index in [-0.39, 0.29) is 0 Å². The van der Waals surface area contributed by atoms with Crippen molar-refractivity contribution in [1.82, 2.24) is 4.90 Å². The molecule has 1 spiro atoms. The van der Waals surface area contributed by atoms with Crippen LogP contribution in [0, 0.1) is 23.7 Å². The van der Waals surface area contributed by atoms with Gasteiger partial charge in [-0.15, -0.1) is 0 Å². The molecule has 0 N–H and O–H groups in total. The Morgan fingerprint density at radius 3 is 2.29 bits per heavy atom. The average Bonchev–Trinajstić information content (AvgIpc) is 2.53. The van der Waals surface area contributed by atoms with Gasteiger partial charge in [-0.2, -0.15) is 0 Å². The van der Waals surface area contributed by atoms with Crippen molar-refractivity contribution in [2.24, 2.45) is 23.7 Å². The van der Waals surface area contributed by atoms with E-state index in [0.29, 0.717) is 11.6 Å². The number of rotatable bonds is 3. The van der Waals surface area contributed by atoms with E-state index in [2.05, 4.69) is 39.5 Å². The van der Waals surface area contributed by atoms with Crippen LogP contribution in [-0.2, 0) is 4.74 Å². The summed E-state index contributed by atoms with van der Waals surface area (Å²) in [5, 5.41) is 0. The summed E-state index contributed by atoms with van der Waals surface area (Å²) in [6, 6.07) is 1.45. The first-order valence-electron chi connectivity index (χ1n) is 10.8. The molecule has 4 atom stereocenters. The maximum atomic E-state index is 5.85. The van der Waals surface area contributed by atoms with Crippen LogP contribution in [0.5, 0.6) is 0 Å². The summed E-state index contributed by atoms with van der Waals surface area (Å²) in [6.07, 6.45) is 11.5. The SMILES string of the molecule is CC(C)CC1CC2CC(C)CCCCCC2N(C(C)C)C12COC2. The first-order valence-corrected chi connectivity index (χ1v) is 10.8. The summed E-state index contributed by atoms with van der Waals surface area (Å²) in [4.78, 5) is 2.97. The molecule has 0 radical (unpaired) electrons. The molecule has 2 heterocycles. The van der Waals surface area contributed by atoms with E-state index in [1.54, 1.807) is 0 Å². The summed E-state index contributed by atoms with van der Waals surface area (Å²) < 4.78 is 5.85. The highest BCUT2D eigenvalue weighted by Gasteiger charge is 2.57. The van der Waals surface area contributed by atoms with Gasteiger partial charge in [0.2, 0.25) is 0 Å². The maximum Gasteiger partial charge on any atom is 0.0711 e. The van der Waals surface area contributed by atoms with Gasteiger partial charge in [-0.25, -0.2) is 0 Å². The van der Waals surface area contributed by atoms with Gasteiger partial charge in [-0.1, -0.05) is 46.5 Å². The van der Waals surface area contributed by atoms with Gasteiger partial charge < -0.3 is 4.74 Å². The van der Waals surface area contributed by atoms with Gasteiger partial charge in [0.15, 0.2) is 0 Å². The van der Waals surface area contributed by atoms with Crippen LogP contribution in [0.3, 0.4) is 0 Å². The summed E-state index contributed by atoms with van der Waals surface area (Å²) in [5.74, 6) is 3.46. The molecule has 4 unspecified atom stereocenters. The Bertz CT molecular complexity index is 401. The van der Waals surface area contributed by atoms with Gasteiger partial charge in [0.05, 0.1) is 18.8 Å². The van der Waals surface area contributed by atoms with E-state index in [9.17, 15) is 0 Å². The molecule has 2 aliphatic heterocycles. The van der Waals surface area contributed by atoms with Crippen LogP contribution < -0.4 is 0 Å². The minimum absolute atomic E-state index is 0.358. The van der Waals surface area contributed by atoms with Gasteiger partial charge in [-0.3, -0.25) is 4.90 Å². The lowest BCUT2D eigenvalue weighted by Gasteiger charge is -2.64. The molecule has 0 amide bonds. The van der Waals surface area contributed by atoms with Crippen LogP contribution in [0.4, 0.5) is 0 Å². The fraction of sp³-hybridized carbons (Fsp3) is 1.00. The van der Waals surface area contributed by atoms with Crippen molar-refractivity contribution in [1.29, 1.82) is 0 Å². The lowest BCUT2D eigenvalue weighted by atomic mass is 9.63. The van der Waals surface area contributed by atoms with Crippen LogP contribution in [0.1, 0.15) is 86.0 Å². The minimum Gasteiger partial charge on any atom is -0.377 e. The smallest absolute Gasteiger partial charge is 0.0711 e. The maximum absolute atomic E-state index is 5.85. The number of fused-ring (bicyclic) bond motifs is 1. The van der Waals surface area contributed by atoms with Crippen LogP contribution in [0.15, 0.2) is 0 Å². The highest BCUT2D eigenvalue weighted by Crippen LogP contribution is 2.50. The van der Waals surface area contributed by atoms with Crippen molar-refractivity contribution in [3.05, 3.63) is 0 Å². The summed E-state index contributed by atoms with van der Waals surface area (Å²) >= 11 is 0. The van der Waals surface area contributed by atoms with Crippen LogP contribution >= 0.6 is 0 Å². The zero-order valence-corrected chi connectivity index (χ0v) is 16.9. The second-order valence-corrected chi connectivity index (χ2v) is 9.97. The van der Waals surface area contributed by atoms with Crippen molar-refractivity contribution in [3.8, 4) is 0 Å². The number of ether oxygens (including phenoxy) is 1. The third-order valence-electron chi connectivity index (χ3n) is 7.18. The van der Waals surface area contributed by atoms with E-state index in [4.69, 9.17) is 4.74 Å². The molecule has 140 valence electrons. The minimum atomic E-state index is 0.358. The molecular weight excluding hydrogens is 294 g/mol.